The normalized spacial score (nSPS) is 6.67. The molecule has 0 aliphatic heterocycles. The number of rotatable bonds is 2. The van der Waals surface area contributed by atoms with Gasteiger partial charge in [0.15, 0.2) is 0 Å². The van der Waals surface area contributed by atoms with Crippen LogP contribution in [0.15, 0.2) is 0 Å². The van der Waals surface area contributed by atoms with Crippen molar-refractivity contribution < 1.29 is 16.5 Å². The molecule has 0 aliphatic rings. The van der Waals surface area contributed by atoms with Crippen molar-refractivity contribution in [3.8, 4) is 0 Å². The molecule has 4 nitrogen and oxygen atoms in total. The molecule has 9 heavy (non-hydrogen) atoms. The monoisotopic (exact) mass is 178 g/mol. The Balaban J connectivity index is -0.0000000720. The zero-order valence-electron chi connectivity index (χ0n) is 5.45. The van der Waals surface area contributed by atoms with Gasteiger partial charge in [0.1, 0.15) is 0 Å². The van der Waals surface area contributed by atoms with Crippen molar-refractivity contribution in [2.24, 2.45) is 22.9 Å². The first-order valence-corrected chi connectivity index (χ1v) is 2.63. The van der Waals surface area contributed by atoms with E-state index in [-0.39, 0.29) is 16.5 Å². The Hall–Kier alpha value is 0.334. The van der Waals surface area contributed by atoms with E-state index in [1.165, 1.54) is 0 Å². The number of nitrogens with two attached hydrogens (primary N) is 4. The molecule has 0 aromatic carbocycles. The van der Waals surface area contributed by atoms with E-state index in [4.69, 9.17) is 22.9 Å². The van der Waals surface area contributed by atoms with Crippen LogP contribution in [-0.4, -0.2) is 26.2 Å². The van der Waals surface area contributed by atoms with E-state index >= 15 is 0 Å². The van der Waals surface area contributed by atoms with Gasteiger partial charge in [-0.15, -0.1) is 0 Å². The van der Waals surface area contributed by atoms with Crippen LogP contribution in [0.3, 0.4) is 0 Å². The van der Waals surface area contributed by atoms with Crippen molar-refractivity contribution in [3.05, 3.63) is 0 Å². The first-order chi connectivity index (χ1) is 3.83. The van der Waals surface area contributed by atoms with Crippen molar-refractivity contribution in [1.29, 1.82) is 0 Å². The molecule has 0 rings (SSSR count). The van der Waals surface area contributed by atoms with Crippen LogP contribution in [0.2, 0.25) is 0 Å². The van der Waals surface area contributed by atoms with Crippen LogP contribution in [0.1, 0.15) is 0 Å². The molecule has 0 atom stereocenters. The van der Waals surface area contributed by atoms with Crippen molar-refractivity contribution >= 4 is 0 Å². The summed E-state index contributed by atoms with van der Waals surface area (Å²) in [6.07, 6.45) is 0. The van der Waals surface area contributed by atoms with E-state index in [0.717, 1.165) is 0 Å². The van der Waals surface area contributed by atoms with E-state index in [2.05, 4.69) is 0 Å². The van der Waals surface area contributed by atoms with E-state index in [0.29, 0.717) is 26.2 Å². The van der Waals surface area contributed by atoms with E-state index in [1.807, 2.05) is 0 Å². The minimum absolute atomic E-state index is 0. The van der Waals surface area contributed by atoms with Gasteiger partial charge in [-0.1, -0.05) is 0 Å². The predicted octanol–water partition coefficient (Wildman–Crippen LogP) is -2.19. The van der Waals surface area contributed by atoms with Gasteiger partial charge in [-0.3, -0.25) is 0 Å². The molecule has 0 aromatic rings. The molecule has 60 valence electrons. The molecule has 0 aromatic heterocycles. The molecule has 0 saturated carbocycles. The third-order valence-electron chi connectivity index (χ3n) is 0.333. The summed E-state index contributed by atoms with van der Waals surface area (Å²) < 4.78 is 0. The summed E-state index contributed by atoms with van der Waals surface area (Å²) in [4.78, 5) is 0. The van der Waals surface area contributed by atoms with Crippen molar-refractivity contribution in [2.75, 3.05) is 26.2 Å². The van der Waals surface area contributed by atoms with Gasteiger partial charge in [0.05, 0.1) is 0 Å². The second-order valence-corrected chi connectivity index (χ2v) is 1.15. The van der Waals surface area contributed by atoms with Crippen molar-refractivity contribution in [1.82, 2.24) is 0 Å². The summed E-state index contributed by atoms with van der Waals surface area (Å²) in [5.74, 6) is 0. The molecular weight excluding hydrogens is 163 g/mol. The first-order valence-electron chi connectivity index (χ1n) is 2.63. The first kappa shape index (κ1) is 16.2. The molecule has 0 saturated heterocycles. The molecule has 0 bridgehead atoms. The second-order valence-electron chi connectivity index (χ2n) is 1.15. The molecule has 0 radical (unpaired) electrons. The minimum Gasteiger partial charge on any atom is -0.329 e. The maximum atomic E-state index is 4.90. The summed E-state index contributed by atoms with van der Waals surface area (Å²) in [6.45, 7) is 2.39. The molecular formula is C4H16N4Ni+2. The predicted molar refractivity (Wildman–Crippen MR) is 36.2 cm³/mol. The maximum absolute atomic E-state index is 4.90. The summed E-state index contributed by atoms with van der Waals surface area (Å²) in [7, 11) is 0. The molecule has 0 unspecified atom stereocenters. The molecule has 0 aliphatic carbocycles. The molecule has 0 fully saturated rings. The SMILES string of the molecule is NCCN.NCCN.[Ni+2]. The summed E-state index contributed by atoms with van der Waals surface area (Å²) in [6, 6.07) is 0. The minimum atomic E-state index is 0. The third kappa shape index (κ3) is 61.4. The van der Waals surface area contributed by atoms with Crippen LogP contribution in [-0.2, 0) is 16.5 Å². The van der Waals surface area contributed by atoms with Crippen molar-refractivity contribution in [2.45, 2.75) is 0 Å². The zero-order chi connectivity index (χ0) is 6.83. The fraction of sp³-hybridized carbons (Fsp3) is 1.00. The van der Waals surface area contributed by atoms with E-state index in [9.17, 15) is 0 Å². The summed E-state index contributed by atoms with van der Waals surface area (Å²) in [5.41, 5.74) is 19.6. The third-order valence-corrected chi connectivity index (χ3v) is 0.333. The smallest absolute Gasteiger partial charge is 0.329 e. The van der Waals surface area contributed by atoms with Crippen LogP contribution in [0.5, 0.6) is 0 Å². The Bertz CT molecular complexity index is 20.5. The van der Waals surface area contributed by atoms with Gasteiger partial charge >= 0.3 is 16.5 Å². The molecule has 8 N–H and O–H groups in total. The Labute approximate surface area is 66.2 Å². The quantitative estimate of drug-likeness (QED) is 0.361. The topological polar surface area (TPSA) is 104 Å². The Kier molecular flexibility index (Phi) is 42.8. The van der Waals surface area contributed by atoms with Crippen LogP contribution in [0.4, 0.5) is 0 Å². The van der Waals surface area contributed by atoms with Crippen LogP contribution in [0.25, 0.3) is 0 Å². The van der Waals surface area contributed by atoms with Crippen LogP contribution < -0.4 is 22.9 Å². The summed E-state index contributed by atoms with van der Waals surface area (Å²) >= 11 is 0. The molecule has 5 heteroatoms. The van der Waals surface area contributed by atoms with Gasteiger partial charge in [-0.25, -0.2) is 0 Å². The van der Waals surface area contributed by atoms with Crippen LogP contribution >= 0.6 is 0 Å². The number of hydrogen-bond acceptors (Lipinski definition) is 4. The zero-order valence-corrected chi connectivity index (χ0v) is 6.44. The fourth-order valence-electron chi connectivity index (χ4n) is 0. The van der Waals surface area contributed by atoms with E-state index in [1.54, 1.807) is 0 Å². The second kappa shape index (κ2) is 23.9. The standard InChI is InChI=1S/2C2H8N2.Ni/c2*3-1-2-4;/h2*1-4H2;/q;;+2. The Morgan fingerprint density at radius 1 is 0.556 bits per heavy atom. The fourth-order valence-corrected chi connectivity index (χ4v) is 0. The Morgan fingerprint density at radius 2 is 0.667 bits per heavy atom. The van der Waals surface area contributed by atoms with Gasteiger partial charge in [-0.05, 0) is 0 Å². The van der Waals surface area contributed by atoms with Gasteiger partial charge in [0.25, 0.3) is 0 Å². The Morgan fingerprint density at radius 3 is 0.667 bits per heavy atom. The molecule has 0 heterocycles. The van der Waals surface area contributed by atoms with Gasteiger partial charge in [0.2, 0.25) is 0 Å². The maximum Gasteiger partial charge on any atom is 2.00 e. The average Bonchev–Trinajstić information content (AvgIpc) is 1.88. The average molecular weight is 179 g/mol. The number of hydrogen-bond donors (Lipinski definition) is 4. The van der Waals surface area contributed by atoms with Gasteiger partial charge in [0, 0.05) is 26.2 Å². The summed E-state index contributed by atoms with van der Waals surface area (Å²) in [5, 5.41) is 0. The van der Waals surface area contributed by atoms with Crippen LogP contribution in [0, 0.1) is 0 Å². The molecule has 0 amide bonds. The largest absolute Gasteiger partial charge is 2.00 e. The van der Waals surface area contributed by atoms with Crippen molar-refractivity contribution in [3.63, 3.8) is 0 Å². The molecule has 0 spiro atoms. The van der Waals surface area contributed by atoms with E-state index < -0.39 is 0 Å². The van der Waals surface area contributed by atoms with Gasteiger partial charge in [-0.2, -0.15) is 0 Å². The van der Waals surface area contributed by atoms with Gasteiger partial charge < -0.3 is 22.9 Å².